The van der Waals surface area contributed by atoms with E-state index in [2.05, 4.69) is 117 Å². The zero-order valence-electron chi connectivity index (χ0n) is 14.6. The third-order valence-electron chi connectivity index (χ3n) is 4.80. The third-order valence-corrected chi connectivity index (χ3v) is 9.72. The Morgan fingerprint density at radius 1 is 0.583 bits per heavy atom. The van der Waals surface area contributed by atoms with Crippen LogP contribution >= 0.6 is 7.26 Å². The summed E-state index contributed by atoms with van der Waals surface area (Å²) < 4.78 is 0. The van der Waals surface area contributed by atoms with E-state index in [1.165, 1.54) is 15.9 Å². The van der Waals surface area contributed by atoms with Crippen LogP contribution in [-0.4, -0.2) is 24.8 Å². The fraction of sp³-hybridized carbons (Fsp3) is 0.182. The second kappa shape index (κ2) is 7.30. The van der Waals surface area contributed by atoms with Gasteiger partial charge in [0.05, 0.1) is 0 Å². The van der Waals surface area contributed by atoms with Crippen LogP contribution in [0.4, 0.5) is 0 Å². The molecule has 3 rings (SSSR count). The van der Waals surface area contributed by atoms with Gasteiger partial charge in [-0.05, 0) is 57.4 Å². The van der Waals surface area contributed by atoms with Crippen molar-refractivity contribution in [1.82, 2.24) is 4.90 Å². The van der Waals surface area contributed by atoms with Crippen LogP contribution in [0, 0.1) is 0 Å². The summed E-state index contributed by atoms with van der Waals surface area (Å²) in [5.74, 6) is 0.407. The molecule has 0 unspecified atom stereocenters. The molecule has 122 valence electrons. The summed E-state index contributed by atoms with van der Waals surface area (Å²) in [6.07, 6.45) is 0. The lowest BCUT2D eigenvalue weighted by atomic mass is 10.4. The van der Waals surface area contributed by atoms with Gasteiger partial charge in [-0.15, -0.1) is 0 Å². The molecule has 0 saturated carbocycles. The Bertz CT molecular complexity index is 657. The molecule has 3 aromatic carbocycles. The maximum Gasteiger partial charge on any atom is 0.133 e. The molecule has 0 aliphatic rings. The van der Waals surface area contributed by atoms with Crippen LogP contribution in [0.1, 0.15) is 6.92 Å². The molecule has 0 bridgehead atoms. The van der Waals surface area contributed by atoms with Gasteiger partial charge in [0.25, 0.3) is 0 Å². The molecule has 1 atom stereocenters. The van der Waals surface area contributed by atoms with Gasteiger partial charge in [-0.3, -0.25) is 4.90 Å². The minimum atomic E-state index is -1.77. The molecule has 2 heteroatoms. The van der Waals surface area contributed by atoms with Crippen LogP contribution in [0.2, 0.25) is 0 Å². The van der Waals surface area contributed by atoms with Crippen molar-refractivity contribution >= 4 is 23.2 Å². The Kier molecular flexibility index (Phi) is 5.14. The Morgan fingerprint density at radius 3 is 1.12 bits per heavy atom. The first kappa shape index (κ1) is 16.9. The molecule has 0 radical (unpaired) electrons. The zero-order chi connectivity index (χ0) is 17.0. The summed E-state index contributed by atoms with van der Waals surface area (Å²) in [4.78, 5) is 2.36. The summed E-state index contributed by atoms with van der Waals surface area (Å²) in [6.45, 7) is 2.36. The summed E-state index contributed by atoms with van der Waals surface area (Å²) >= 11 is 0. The molecular weight excluding hydrogens is 309 g/mol. The van der Waals surface area contributed by atoms with Gasteiger partial charge in [-0.25, -0.2) is 0 Å². The van der Waals surface area contributed by atoms with Crippen molar-refractivity contribution in [1.29, 1.82) is 0 Å². The van der Waals surface area contributed by atoms with E-state index in [1.807, 2.05) is 0 Å². The Balaban J connectivity index is 2.37. The topological polar surface area (TPSA) is 3.24 Å². The number of benzene rings is 3. The highest BCUT2D eigenvalue weighted by atomic mass is 31.2. The van der Waals surface area contributed by atoms with Gasteiger partial charge < -0.3 is 0 Å². The highest BCUT2D eigenvalue weighted by molar-refractivity contribution is 7.96. The number of rotatable bonds is 5. The van der Waals surface area contributed by atoms with E-state index < -0.39 is 7.26 Å². The SMILES string of the molecule is C[C@H](N(C)C)[P+](c1ccccc1)(c1ccccc1)c1ccccc1. The molecule has 0 amide bonds. The van der Waals surface area contributed by atoms with Gasteiger partial charge in [-0.2, -0.15) is 0 Å². The molecule has 0 heterocycles. The smallest absolute Gasteiger partial charge is 0.133 e. The maximum atomic E-state index is 2.36. The van der Waals surface area contributed by atoms with E-state index in [0.29, 0.717) is 5.78 Å². The second-order valence-corrected chi connectivity index (χ2v) is 10.1. The van der Waals surface area contributed by atoms with Gasteiger partial charge in [0.1, 0.15) is 29.0 Å². The number of nitrogens with zero attached hydrogens (tertiary/aromatic N) is 1. The molecular formula is C22H25NP+. The van der Waals surface area contributed by atoms with E-state index in [-0.39, 0.29) is 0 Å². The fourth-order valence-corrected chi connectivity index (χ4v) is 8.24. The molecule has 0 N–H and O–H groups in total. The summed E-state index contributed by atoms with van der Waals surface area (Å²) in [7, 11) is 2.60. The molecule has 0 aliphatic heterocycles. The van der Waals surface area contributed by atoms with Crippen molar-refractivity contribution < 1.29 is 0 Å². The Hall–Kier alpha value is -1.95. The molecule has 24 heavy (non-hydrogen) atoms. The fourth-order valence-electron chi connectivity index (χ4n) is 3.43. The lowest BCUT2D eigenvalue weighted by Crippen LogP contribution is -2.43. The third kappa shape index (κ3) is 2.90. The van der Waals surface area contributed by atoms with E-state index in [1.54, 1.807) is 0 Å². The van der Waals surface area contributed by atoms with E-state index >= 15 is 0 Å². The molecule has 0 saturated heterocycles. The maximum absolute atomic E-state index is 2.36. The Morgan fingerprint density at radius 2 is 0.875 bits per heavy atom. The van der Waals surface area contributed by atoms with Crippen molar-refractivity contribution in [3.63, 3.8) is 0 Å². The number of hydrogen-bond donors (Lipinski definition) is 0. The molecule has 0 fully saturated rings. The minimum Gasteiger partial charge on any atom is -0.274 e. The highest BCUT2D eigenvalue weighted by Gasteiger charge is 2.51. The summed E-state index contributed by atoms with van der Waals surface area (Å²) in [6, 6.07) is 33.1. The molecule has 0 spiro atoms. The quantitative estimate of drug-likeness (QED) is 0.640. The van der Waals surface area contributed by atoms with Crippen LogP contribution in [-0.2, 0) is 0 Å². The average molecular weight is 334 g/mol. The predicted molar refractivity (Wildman–Crippen MR) is 108 cm³/mol. The number of hydrogen-bond acceptors (Lipinski definition) is 1. The van der Waals surface area contributed by atoms with Gasteiger partial charge in [0, 0.05) is 0 Å². The van der Waals surface area contributed by atoms with Crippen molar-refractivity contribution in [2.45, 2.75) is 12.7 Å². The average Bonchev–Trinajstić information content (AvgIpc) is 2.65. The van der Waals surface area contributed by atoms with Crippen LogP contribution in [0.15, 0.2) is 91.0 Å². The normalized spacial score (nSPS) is 13.0. The first-order valence-electron chi connectivity index (χ1n) is 8.39. The molecule has 0 aromatic heterocycles. The van der Waals surface area contributed by atoms with Crippen molar-refractivity contribution in [2.24, 2.45) is 0 Å². The van der Waals surface area contributed by atoms with Crippen LogP contribution in [0.5, 0.6) is 0 Å². The van der Waals surface area contributed by atoms with Crippen LogP contribution in [0.25, 0.3) is 0 Å². The standard InChI is InChI=1S/C22H25NP/c1-19(23(2)3)24(20-13-7-4-8-14-20,21-15-9-5-10-16-21)22-17-11-6-12-18-22/h4-19H,1-3H3/q+1/t19-/m1/s1. The highest BCUT2D eigenvalue weighted by Crippen LogP contribution is 2.59. The van der Waals surface area contributed by atoms with Gasteiger partial charge in [-0.1, -0.05) is 54.6 Å². The molecule has 1 nitrogen and oxygen atoms in total. The lowest BCUT2D eigenvalue weighted by Gasteiger charge is -2.36. The van der Waals surface area contributed by atoms with Crippen LogP contribution < -0.4 is 15.9 Å². The van der Waals surface area contributed by atoms with E-state index in [0.717, 1.165) is 0 Å². The first-order valence-corrected chi connectivity index (χ1v) is 10.2. The van der Waals surface area contributed by atoms with Gasteiger partial charge in [0.15, 0.2) is 0 Å². The Labute approximate surface area is 146 Å². The van der Waals surface area contributed by atoms with Crippen molar-refractivity contribution in [3.8, 4) is 0 Å². The monoisotopic (exact) mass is 334 g/mol. The van der Waals surface area contributed by atoms with Gasteiger partial charge >= 0.3 is 0 Å². The van der Waals surface area contributed by atoms with E-state index in [4.69, 9.17) is 0 Å². The minimum absolute atomic E-state index is 0.407. The first-order chi connectivity index (χ1) is 11.7. The largest absolute Gasteiger partial charge is 0.274 e. The van der Waals surface area contributed by atoms with Gasteiger partial charge in [0.2, 0.25) is 0 Å². The molecule has 0 aliphatic carbocycles. The zero-order valence-corrected chi connectivity index (χ0v) is 15.5. The van der Waals surface area contributed by atoms with Crippen molar-refractivity contribution in [2.75, 3.05) is 14.1 Å². The summed E-state index contributed by atoms with van der Waals surface area (Å²) in [5, 5.41) is 4.30. The summed E-state index contributed by atoms with van der Waals surface area (Å²) in [5.41, 5.74) is 0. The van der Waals surface area contributed by atoms with E-state index in [9.17, 15) is 0 Å². The van der Waals surface area contributed by atoms with Crippen molar-refractivity contribution in [3.05, 3.63) is 91.0 Å². The second-order valence-electron chi connectivity index (χ2n) is 6.32. The predicted octanol–water partition coefficient (Wildman–Crippen LogP) is 3.89. The molecule has 3 aromatic rings. The lowest BCUT2D eigenvalue weighted by molar-refractivity contribution is 0.397. The van der Waals surface area contributed by atoms with Crippen LogP contribution in [0.3, 0.4) is 0 Å².